The molecule has 1 rings (SSSR count). The Balaban J connectivity index is 2.33. The fraction of sp³-hybridized carbons (Fsp3) is 0.364. The molecule has 0 atom stereocenters. The van der Waals surface area contributed by atoms with Gasteiger partial charge in [-0.25, -0.2) is 4.79 Å². The third-order valence-electron chi connectivity index (χ3n) is 1.91. The standard InChI is InChI=1S/C11H15ClN2O3/c1-16-9-4-2-3-5-10(9)17-8-14-11(15)13-7-6-12/h2-5H,6-8H2,1H3,(H2,13,14,15). The fourth-order valence-corrected chi connectivity index (χ4v) is 1.24. The summed E-state index contributed by atoms with van der Waals surface area (Å²) in [4.78, 5) is 11.2. The monoisotopic (exact) mass is 258 g/mol. The smallest absolute Gasteiger partial charge is 0.317 e. The molecule has 0 spiro atoms. The molecule has 1 aromatic carbocycles. The lowest BCUT2D eigenvalue weighted by molar-refractivity contribution is 0.222. The molecule has 0 aliphatic heterocycles. The highest BCUT2D eigenvalue weighted by molar-refractivity contribution is 6.18. The summed E-state index contributed by atoms with van der Waals surface area (Å²) in [7, 11) is 1.56. The summed E-state index contributed by atoms with van der Waals surface area (Å²) in [5.74, 6) is 1.57. The van der Waals surface area contributed by atoms with Crippen molar-refractivity contribution in [2.45, 2.75) is 0 Å². The molecular weight excluding hydrogens is 244 g/mol. The number of ether oxygens (including phenoxy) is 2. The van der Waals surface area contributed by atoms with Crippen LogP contribution >= 0.6 is 11.6 Å². The average molecular weight is 259 g/mol. The number of benzene rings is 1. The number of hydrogen-bond donors (Lipinski definition) is 2. The Morgan fingerprint density at radius 2 is 2.00 bits per heavy atom. The first-order chi connectivity index (χ1) is 8.27. The quantitative estimate of drug-likeness (QED) is 0.602. The van der Waals surface area contributed by atoms with Crippen molar-refractivity contribution in [3.8, 4) is 11.5 Å². The van der Waals surface area contributed by atoms with Crippen molar-refractivity contribution in [2.24, 2.45) is 0 Å². The summed E-state index contributed by atoms with van der Waals surface area (Å²) in [5.41, 5.74) is 0. The van der Waals surface area contributed by atoms with Crippen LogP contribution in [0.5, 0.6) is 11.5 Å². The number of methoxy groups -OCH3 is 1. The molecule has 2 N–H and O–H groups in total. The molecule has 5 nitrogen and oxygen atoms in total. The van der Waals surface area contributed by atoms with E-state index < -0.39 is 0 Å². The van der Waals surface area contributed by atoms with Gasteiger partial charge in [0.2, 0.25) is 0 Å². The Hall–Kier alpha value is -1.62. The van der Waals surface area contributed by atoms with Gasteiger partial charge >= 0.3 is 6.03 Å². The van der Waals surface area contributed by atoms with Crippen LogP contribution in [0.4, 0.5) is 4.79 Å². The maximum absolute atomic E-state index is 11.2. The van der Waals surface area contributed by atoms with Crippen LogP contribution in [0, 0.1) is 0 Å². The van der Waals surface area contributed by atoms with Crippen LogP contribution < -0.4 is 20.1 Å². The number of para-hydroxylation sites is 2. The number of alkyl halides is 1. The van der Waals surface area contributed by atoms with Crippen LogP contribution in [0.15, 0.2) is 24.3 Å². The second-order valence-electron chi connectivity index (χ2n) is 3.06. The second-order valence-corrected chi connectivity index (χ2v) is 3.44. The SMILES string of the molecule is COc1ccccc1OCNC(=O)NCCCl. The van der Waals surface area contributed by atoms with Crippen LogP contribution in [-0.4, -0.2) is 32.3 Å². The van der Waals surface area contributed by atoms with Crippen LogP contribution in [0.25, 0.3) is 0 Å². The highest BCUT2D eigenvalue weighted by Gasteiger charge is 2.03. The Bertz CT molecular complexity index is 360. The van der Waals surface area contributed by atoms with Gasteiger partial charge < -0.3 is 20.1 Å². The third-order valence-corrected chi connectivity index (χ3v) is 2.10. The molecule has 0 radical (unpaired) electrons. The summed E-state index contributed by atoms with van der Waals surface area (Å²) in [6.07, 6.45) is 0. The van der Waals surface area contributed by atoms with Gasteiger partial charge in [0.25, 0.3) is 0 Å². The number of amides is 2. The zero-order valence-electron chi connectivity index (χ0n) is 9.53. The Kier molecular flexibility index (Phi) is 6.03. The lowest BCUT2D eigenvalue weighted by Gasteiger charge is -2.11. The normalized spacial score (nSPS) is 9.53. The van der Waals surface area contributed by atoms with Crippen LogP contribution in [0.3, 0.4) is 0 Å². The number of rotatable bonds is 6. The van der Waals surface area contributed by atoms with Gasteiger partial charge in [-0.3, -0.25) is 0 Å². The summed E-state index contributed by atoms with van der Waals surface area (Å²) in [5, 5.41) is 5.08. The van der Waals surface area contributed by atoms with Gasteiger partial charge in [0, 0.05) is 12.4 Å². The fourth-order valence-electron chi connectivity index (χ4n) is 1.14. The summed E-state index contributed by atoms with van der Waals surface area (Å²) >= 11 is 5.42. The van der Waals surface area contributed by atoms with Gasteiger partial charge in [-0.15, -0.1) is 11.6 Å². The molecule has 0 saturated heterocycles. The van der Waals surface area contributed by atoms with Crippen molar-refractivity contribution in [2.75, 3.05) is 26.3 Å². The maximum Gasteiger partial charge on any atom is 0.317 e. The Morgan fingerprint density at radius 1 is 1.29 bits per heavy atom. The average Bonchev–Trinajstić information content (AvgIpc) is 2.37. The van der Waals surface area contributed by atoms with E-state index in [1.54, 1.807) is 19.2 Å². The maximum atomic E-state index is 11.2. The minimum atomic E-state index is -0.319. The molecule has 0 saturated carbocycles. The topological polar surface area (TPSA) is 59.6 Å². The zero-order valence-corrected chi connectivity index (χ0v) is 10.3. The van der Waals surface area contributed by atoms with E-state index in [1.165, 1.54) is 0 Å². The van der Waals surface area contributed by atoms with E-state index in [1.807, 2.05) is 12.1 Å². The molecule has 6 heteroatoms. The molecule has 0 unspecified atom stereocenters. The Morgan fingerprint density at radius 3 is 2.65 bits per heavy atom. The molecule has 0 aromatic heterocycles. The van der Waals surface area contributed by atoms with Crippen molar-refractivity contribution in [1.29, 1.82) is 0 Å². The molecule has 0 fully saturated rings. The Labute approximate surface area is 105 Å². The van der Waals surface area contributed by atoms with Crippen LogP contribution in [-0.2, 0) is 0 Å². The highest BCUT2D eigenvalue weighted by Crippen LogP contribution is 2.25. The van der Waals surface area contributed by atoms with Crippen molar-refractivity contribution in [1.82, 2.24) is 10.6 Å². The van der Waals surface area contributed by atoms with E-state index in [4.69, 9.17) is 21.1 Å². The molecular formula is C11H15ClN2O3. The third kappa shape index (κ3) is 4.82. The predicted octanol–water partition coefficient (Wildman–Crippen LogP) is 1.57. The minimum Gasteiger partial charge on any atom is -0.493 e. The molecule has 1 aromatic rings. The first kappa shape index (κ1) is 13.4. The predicted molar refractivity (Wildman–Crippen MR) is 65.7 cm³/mol. The first-order valence-electron chi connectivity index (χ1n) is 5.11. The lowest BCUT2D eigenvalue weighted by Crippen LogP contribution is -2.38. The number of urea groups is 1. The number of hydrogen-bond acceptors (Lipinski definition) is 3. The molecule has 94 valence electrons. The zero-order chi connectivity index (χ0) is 12.5. The molecule has 17 heavy (non-hydrogen) atoms. The highest BCUT2D eigenvalue weighted by atomic mass is 35.5. The van der Waals surface area contributed by atoms with Crippen molar-refractivity contribution in [3.63, 3.8) is 0 Å². The molecule has 0 heterocycles. The largest absolute Gasteiger partial charge is 0.493 e. The van der Waals surface area contributed by atoms with Gasteiger partial charge in [-0.2, -0.15) is 0 Å². The van der Waals surface area contributed by atoms with Gasteiger partial charge in [0.1, 0.15) is 0 Å². The number of halogens is 1. The number of carbonyl (C=O) groups is 1. The van der Waals surface area contributed by atoms with Gasteiger partial charge in [-0.05, 0) is 12.1 Å². The van der Waals surface area contributed by atoms with Gasteiger partial charge in [0.15, 0.2) is 18.2 Å². The van der Waals surface area contributed by atoms with Gasteiger partial charge in [0.05, 0.1) is 7.11 Å². The summed E-state index contributed by atoms with van der Waals surface area (Å²) in [6.45, 7) is 0.483. The first-order valence-corrected chi connectivity index (χ1v) is 5.65. The van der Waals surface area contributed by atoms with Crippen molar-refractivity contribution in [3.05, 3.63) is 24.3 Å². The van der Waals surface area contributed by atoms with Crippen LogP contribution in [0.2, 0.25) is 0 Å². The number of nitrogens with one attached hydrogen (secondary N) is 2. The van der Waals surface area contributed by atoms with Crippen molar-refractivity contribution >= 4 is 17.6 Å². The summed E-state index contributed by atoms with van der Waals surface area (Å²) < 4.78 is 10.4. The van der Waals surface area contributed by atoms with Gasteiger partial charge in [-0.1, -0.05) is 12.1 Å². The van der Waals surface area contributed by atoms with E-state index in [2.05, 4.69) is 10.6 Å². The molecule has 0 bridgehead atoms. The van der Waals surface area contributed by atoms with E-state index in [9.17, 15) is 4.79 Å². The molecule has 2 amide bonds. The van der Waals surface area contributed by atoms with E-state index in [-0.39, 0.29) is 12.8 Å². The van der Waals surface area contributed by atoms with Crippen molar-refractivity contribution < 1.29 is 14.3 Å². The number of carbonyl (C=O) groups excluding carboxylic acids is 1. The van der Waals surface area contributed by atoms with Crippen LogP contribution in [0.1, 0.15) is 0 Å². The second kappa shape index (κ2) is 7.62. The van der Waals surface area contributed by atoms with E-state index in [0.717, 1.165) is 0 Å². The minimum absolute atomic E-state index is 0.0640. The molecule has 0 aliphatic rings. The summed E-state index contributed by atoms with van der Waals surface area (Å²) in [6, 6.07) is 6.89. The van der Waals surface area contributed by atoms with E-state index >= 15 is 0 Å². The lowest BCUT2D eigenvalue weighted by atomic mass is 10.3. The molecule has 0 aliphatic carbocycles. The van der Waals surface area contributed by atoms with E-state index in [0.29, 0.717) is 23.9 Å².